The highest BCUT2D eigenvalue weighted by atomic mass is 32.2. The average Bonchev–Trinajstić information content (AvgIpc) is 3.14. The van der Waals surface area contributed by atoms with Gasteiger partial charge in [-0.05, 0) is 89.6 Å². The van der Waals surface area contributed by atoms with Crippen LogP contribution in [0.5, 0.6) is 0 Å². The lowest BCUT2D eigenvalue weighted by Gasteiger charge is -2.30. The van der Waals surface area contributed by atoms with E-state index in [2.05, 4.69) is 62.7 Å². The van der Waals surface area contributed by atoms with Gasteiger partial charge in [0.1, 0.15) is 6.29 Å². The van der Waals surface area contributed by atoms with E-state index < -0.39 is 8.56 Å². The van der Waals surface area contributed by atoms with Crippen molar-refractivity contribution in [2.45, 2.75) is 225 Å². The number of aliphatic hydroxyl groups is 2. The van der Waals surface area contributed by atoms with Crippen molar-refractivity contribution in [3.05, 3.63) is 12.2 Å². The molecule has 0 saturated heterocycles. The number of nitrogens with zero attached hydrogens (tertiary/aromatic N) is 1. The van der Waals surface area contributed by atoms with Gasteiger partial charge in [-0.1, -0.05) is 148 Å². The minimum atomic E-state index is -2.34. The number of aliphatic hydroxyl groups excluding tert-OH is 2. The molecule has 2 atom stereocenters. The Balaban J connectivity index is 4.82. The van der Waals surface area contributed by atoms with Crippen LogP contribution < -0.4 is 0 Å². The largest absolute Gasteiger partial charge is 0.395 e. The smallest absolute Gasteiger partial charge is 0.333 e. The molecule has 0 heterocycles. The fraction of sp³-hybridized carbons (Fsp3) is 0.956. The van der Waals surface area contributed by atoms with Gasteiger partial charge in [0.05, 0.1) is 19.8 Å². The number of hydrogen-bond acceptors (Lipinski definition) is 7. The van der Waals surface area contributed by atoms with E-state index in [0.29, 0.717) is 18.3 Å². The van der Waals surface area contributed by atoms with Crippen molar-refractivity contribution >= 4 is 20.3 Å². The summed E-state index contributed by atoms with van der Waals surface area (Å²) in [5.41, 5.74) is 0. The second-order valence-electron chi connectivity index (χ2n) is 16.0. The lowest BCUT2D eigenvalue weighted by molar-refractivity contribution is -0.103. The average molecular weight is 788 g/mol. The highest BCUT2D eigenvalue weighted by molar-refractivity contribution is 7.99. The van der Waals surface area contributed by atoms with E-state index >= 15 is 0 Å². The Hall–Kier alpha value is 0.0669. The quantitative estimate of drug-likeness (QED) is 0.0276. The van der Waals surface area contributed by atoms with Gasteiger partial charge < -0.3 is 23.8 Å². The van der Waals surface area contributed by atoms with Gasteiger partial charge in [-0.3, -0.25) is 4.90 Å². The van der Waals surface area contributed by atoms with Crippen LogP contribution in [0.4, 0.5) is 0 Å². The molecular formula is C45H93NO5SSi. The standard InChI is InChI=1S/C45H93NO5SSi/c1-6-9-12-14-16-17-18-19-20-21-22-23-24-26-30-35-45(49-43-44(52-42-33-11-8-3)34-29-25-15-13-10-7-2)51-53(4,5)50-41-32-28-27-31-36-46(37-39-47)38-40-48/h19-20,44-45,47-48H,6-18,21-43H2,1-5H3/b20-19-. The summed E-state index contributed by atoms with van der Waals surface area (Å²) in [5.74, 6) is 1.24. The van der Waals surface area contributed by atoms with E-state index in [1.54, 1.807) is 0 Å². The van der Waals surface area contributed by atoms with Gasteiger partial charge in [0.25, 0.3) is 0 Å². The first-order valence-electron chi connectivity index (χ1n) is 23.1. The van der Waals surface area contributed by atoms with E-state index in [1.807, 2.05) is 0 Å². The Labute approximate surface area is 337 Å². The van der Waals surface area contributed by atoms with Crippen LogP contribution in [0.1, 0.15) is 201 Å². The van der Waals surface area contributed by atoms with Crippen molar-refractivity contribution < 1.29 is 23.8 Å². The first kappa shape index (κ1) is 53.1. The number of rotatable bonds is 44. The summed E-state index contributed by atoms with van der Waals surface area (Å²) < 4.78 is 19.9. The van der Waals surface area contributed by atoms with Gasteiger partial charge in [0.2, 0.25) is 0 Å². The van der Waals surface area contributed by atoms with Gasteiger partial charge in [-0.25, -0.2) is 0 Å². The normalized spacial score (nSPS) is 13.5. The summed E-state index contributed by atoms with van der Waals surface area (Å²) in [6, 6.07) is 0. The molecule has 53 heavy (non-hydrogen) atoms. The van der Waals surface area contributed by atoms with E-state index in [9.17, 15) is 10.2 Å². The molecule has 0 amide bonds. The monoisotopic (exact) mass is 788 g/mol. The van der Waals surface area contributed by atoms with Crippen LogP contribution >= 0.6 is 11.8 Å². The molecule has 0 aliphatic heterocycles. The summed E-state index contributed by atoms with van der Waals surface area (Å²) in [7, 11) is -2.34. The van der Waals surface area contributed by atoms with Crippen LogP contribution in [0.25, 0.3) is 0 Å². The number of unbranched alkanes of at least 4 members (excludes halogenated alkanes) is 21. The Morgan fingerprint density at radius 2 is 1.06 bits per heavy atom. The predicted octanol–water partition coefficient (Wildman–Crippen LogP) is 13.0. The molecular weight excluding hydrogens is 695 g/mol. The molecule has 318 valence electrons. The SMILES string of the molecule is CCCCCCCC/C=C\CCCCCCCC(OCC(CCCCCCCC)SCCCCC)O[Si](C)(C)OCCCCCCN(CCO)CCO. The number of hydrogen-bond donors (Lipinski definition) is 2. The minimum Gasteiger partial charge on any atom is -0.395 e. The van der Waals surface area contributed by atoms with Crippen LogP contribution in [-0.2, 0) is 13.6 Å². The lowest BCUT2D eigenvalue weighted by atomic mass is 10.1. The Morgan fingerprint density at radius 3 is 1.64 bits per heavy atom. The summed E-state index contributed by atoms with van der Waals surface area (Å²) in [4.78, 5) is 2.14. The van der Waals surface area contributed by atoms with Gasteiger partial charge in [-0.2, -0.15) is 11.8 Å². The Kier molecular flexibility index (Phi) is 41.7. The van der Waals surface area contributed by atoms with E-state index in [4.69, 9.17) is 13.6 Å². The van der Waals surface area contributed by atoms with Crippen LogP contribution in [0.3, 0.4) is 0 Å². The molecule has 0 bridgehead atoms. The van der Waals surface area contributed by atoms with Gasteiger partial charge in [0, 0.05) is 24.9 Å². The number of thioether (sulfide) groups is 1. The summed E-state index contributed by atoms with van der Waals surface area (Å²) in [6.07, 6.45) is 40.3. The maximum atomic E-state index is 9.24. The van der Waals surface area contributed by atoms with Crippen molar-refractivity contribution in [2.24, 2.45) is 0 Å². The molecule has 0 aromatic carbocycles. The maximum absolute atomic E-state index is 9.24. The van der Waals surface area contributed by atoms with Crippen molar-refractivity contribution in [3.63, 3.8) is 0 Å². The number of allylic oxidation sites excluding steroid dienone is 2. The molecule has 0 aliphatic carbocycles. The van der Waals surface area contributed by atoms with Crippen LogP contribution in [0.15, 0.2) is 12.2 Å². The maximum Gasteiger partial charge on any atom is 0.333 e. The van der Waals surface area contributed by atoms with Crippen molar-refractivity contribution in [3.8, 4) is 0 Å². The second kappa shape index (κ2) is 41.7. The van der Waals surface area contributed by atoms with Gasteiger partial charge >= 0.3 is 8.56 Å². The van der Waals surface area contributed by atoms with E-state index in [-0.39, 0.29) is 19.5 Å². The predicted molar refractivity (Wildman–Crippen MR) is 237 cm³/mol. The third kappa shape index (κ3) is 38.7. The molecule has 0 spiro atoms. The molecule has 0 aliphatic rings. The van der Waals surface area contributed by atoms with Crippen LogP contribution in [0, 0.1) is 0 Å². The van der Waals surface area contributed by atoms with Crippen molar-refractivity contribution in [1.82, 2.24) is 4.90 Å². The van der Waals surface area contributed by atoms with Crippen molar-refractivity contribution in [1.29, 1.82) is 0 Å². The fourth-order valence-corrected chi connectivity index (χ4v) is 9.55. The zero-order valence-corrected chi connectivity index (χ0v) is 38.1. The molecule has 6 nitrogen and oxygen atoms in total. The molecule has 0 radical (unpaired) electrons. The molecule has 0 rings (SSSR count). The number of ether oxygens (including phenoxy) is 1. The summed E-state index contributed by atoms with van der Waals surface area (Å²) in [5, 5.41) is 19.0. The molecule has 0 aromatic heterocycles. The van der Waals surface area contributed by atoms with E-state index in [1.165, 1.54) is 147 Å². The topological polar surface area (TPSA) is 71.4 Å². The molecule has 2 N–H and O–H groups in total. The molecule has 0 fully saturated rings. The summed E-state index contributed by atoms with van der Waals surface area (Å²) >= 11 is 2.14. The van der Waals surface area contributed by atoms with Crippen LogP contribution in [0.2, 0.25) is 13.1 Å². The highest BCUT2D eigenvalue weighted by Gasteiger charge is 2.29. The highest BCUT2D eigenvalue weighted by Crippen LogP contribution is 2.24. The van der Waals surface area contributed by atoms with E-state index in [0.717, 1.165) is 58.3 Å². The van der Waals surface area contributed by atoms with Gasteiger partial charge in [0.15, 0.2) is 0 Å². The first-order chi connectivity index (χ1) is 25.9. The zero-order valence-electron chi connectivity index (χ0n) is 36.2. The Bertz CT molecular complexity index is 740. The molecule has 2 unspecified atom stereocenters. The molecule has 0 saturated carbocycles. The molecule has 8 heteroatoms. The molecule has 0 aromatic rings. The minimum absolute atomic E-state index is 0.146. The van der Waals surface area contributed by atoms with Crippen LogP contribution in [-0.4, -0.2) is 87.0 Å². The third-order valence-corrected chi connectivity index (χ3v) is 13.3. The zero-order chi connectivity index (χ0) is 38.9. The third-order valence-electron chi connectivity index (χ3n) is 10.2. The lowest BCUT2D eigenvalue weighted by Crippen LogP contribution is -2.41. The fourth-order valence-electron chi connectivity index (χ4n) is 6.82. The van der Waals surface area contributed by atoms with Crippen molar-refractivity contribution in [2.75, 3.05) is 51.8 Å². The Morgan fingerprint density at radius 1 is 0.566 bits per heavy atom. The second-order valence-corrected chi connectivity index (χ2v) is 20.7. The first-order valence-corrected chi connectivity index (χ1v) is 26.9. The van der Waals surface area contributed by atoms with Gasteiger partial charge in [-0.15, -0.1) is 0 Å². The summed E-state index contributed by atoms with van der Waals surface area (Å²) in [6.45, 7) is 15.3.